The summed E-state index contributed by atoms with van der Waals surface area (Å²) in [6, 6.07) is 10.2. The molecule has 2 N–H and O–H groups in total. The van der Waals surface area contributed by atoms with Crippen LogP contribution in [0.5, 0.6) is 0 Å². The molecule has 1 aromatic heterocycles. The van der Waals surface area contributed by atoms with Gasteiger partial charge in [-0.25, -0.2) is 0 Å². The third kappa shape index (κ3) is 5.18. The number of hydrogen-bond donors (Lipinski definition) is 2. The molecule has 0 aliphatic carbocycles. The van der Waals surface area contributed by atoms with E-state index in [0.29, 0.717) is 13.0 Å². The van der Waals surface area contributed by atoms with Gasteiger partial charge in [-0.2, -0.15) is 5.10 Å². The summed E-state index contributed by atoms with van der Waals surface area (Å²) in [5.74, 6) is -0.762. The Labute approximate surface area is 144 Å². The van der Waals surface area contributed by atoms with Crippen LogP contribution < -0.4 is 5.32 Å². The Morgan fingerprint density at radius 1 is 1.39 bits per heavy atom. The van der Waals surface area contributed by atoms with Gasteiger partial charge in [-0.1, -0.05) is 30.3 Å². The number of carboxylic acid groups (broad SMARTS) is 1. The second kappa shape index (κ2) is 8.26. The Morgan fingerprint density at radius 2 is 2.09 bits per heavy atom. The molecule has 124 valence electrons. The number of halogens is 1. The van der Waals surface area contributed by atoms with Crippen LogP contribution >= 0.6 is 15.9 Å². The first-order valence-corrected chi connectivity index (χ1v) is 8.43. The third-order valence-corrected chi connectivity index (χ3v) is 4.88. The molecule has 0 saturated heterocycles. The predicted molar refractivity (Wildman–Crippen MR) is 93.3 cm³/mol. The number of benzene rings is 1. The van der Waals surface area contributed by atoms with Gasteiger partial charge in [0.05, 0.1) is 15.9 Å². The quantitative estimate of drug-likeness (QED) is 0.739. The lowest BCUT2D eigenvalue weighted by Crippen LogP contribution is -2.32. The SMILES string of the molecule is Cc1nn(C)c(CNC(CCC(=O)O)Cc2ccccc2)c1Br. The van der Waals surface area contributed by atoms with Crippen molar-refractivity contribution in [1.29, 1.82) is 0 Å². The molecule has 2 rings (SSSR count). The summed E-state index contributed by atoms with van der Waals surface area (Å²) in [7, 11) is 1.91. The molecule has 1 atom stereocenters. The zero-order valence-corrected chi connectivity index (χ0v) is 15.0. The molecule has 1 heterocycles. The number of carboxylic acids is 1. The van der Waals surface area contributed by atoms with Crippen molar-refractivity contribution in [3.8, 4) is 0 Å². The van der Waals surface area contributed by atoms with Crippen LogP contribution in [0.3, 0.4) is 0 Å². The Balaban J connectivity index is 2.03. The fraction of sp³-hybridized carbons (Fsp3) is 0.412. The standard InChI is InChI=1S/C17H22BrN3O2/c1-12-17(18)15(21(2)20-12)11-19-14(8-9-16(22)23)10-13-6-4-3-5-7-13/h3-7,14,19H,8-11H2,1-2H3,(H,22,23). The maximum atomic E-state index is 10.9. The van der Waals surface area contributed by atoms with Crippen LogP contribution in [0.15, 0.2) is 34.8 Å². The first-order valence-electron chi connectivity index (χ1n) is 7.64. The van der Waals surface area contributed by atoms with Crippen LogP contribution in [0.1, 0.15) is 29.8 Å². The fourth-order valence-electron chi connectivity index (χ4n) is 2.59. The summed E-state index contributed by atoms with van der Waals surface area (Å²) in [5.41, 5.74) is 3.22. The van der Waals surface area contributed by atoms with E-state index in [1.807, 2.05) is 36.9 Å². The van der Waals surface area contributed by atoms with E-state index in [4.69, 9.17) is 5.11 Å². The highest BCUT2D eigenvalue weighted by Gasteiger charge is 2.15. The lowest BCUT2D eigenvalue weighted by atomic mass is 10.0. The van der Waals surface area contributed by atoms with Crippen molar-refractivity contribution in [2.45, 2.75) is 38.8 Å². The molecule has 6 heteroatoms. The molecule has 5 nitrogen and oxygen atoms in total. The number of nitrogens with zero attached hydrogens (tertiary/aromatic N) is 2. The van der Waals surface area contributed by atoms with E-state index in [1.54, 1.807) is 0 Å². The predicted octanol–water partition coefficient (Wildman–Crippen LogP) is 3.06. The van der Waals surface area contributed by atoms with Crippen LogP contribution in [0.4, 0.5) is 0 Å². The first kappa shape index (κ1) is 17.7. The summed E-state index contributed by atoms with van der Waals surface area (Å²) in [5, 5.41) is 16.8. The van der Waals surface area contributed by atoms with Crippen LogP contribution in [0, 0.1) is 6.92 Å². The summed E-state index contributed by atoms with van der Waals surface area (Å²) in [6.45, 7) is 2.61. The van der Waals surface area contributed by atoms with Crippen LogP contribution in [-0.2, 0) is 24.8 Å². The van der Waals surface area contributed by atoms with Gasteiger partial charge >= 0.3 is 5.97 Å². The average molecular weight is 380 g/mol. The number of rotatable bonds is 8. The van der Waals surface area contributed by atoms with Gasteiger partial charge in [-0.3, -0.25) is 9.48 Å². The molecule has 0 aliphatic heterocycles. The first-order chi connectivity index (χ1) is 11.0. The van der Waals surface area contributed by atoms with Crippen molar-refractivity contribution in [3.63, 3.8) is 0 Å². The molecule has 1 aromatic carbocycles. The van der Waals surface area contributed by atoms with Crippen LogP contribution in [0.2, 0.25) is 0 Å². The highest BCUT2D eigenvalue weighted by atomic mass is 79.9. The van der Waals surface area contributed by atoms with Gasteiger partial charge in [0.2, 0.25) is 0 Å². The molecule has 0 amide bonds. The normalized spacial score (nSPS) is 12.3. The second-order valence-corrected chi connectivity index (χ2v) is 6.46. The maximum Gasteiger partial charge on any atom is 0.303 e. The van der Waals surface area contributed by atoms with Gasteiger partial charge in [-0.15, -0.1) is 0 Å². The molecule has 0 fully saturated rings. The van der Waals surface area contributed by atoms with E-state index in [1.165, 1.54) is 5.56 Å². The molecule has 0 spiro atoms. The average Bonchev–Trinajstić information content (AvgIpc) is 2.76. The zero-order chi connectivity index (χ0) is 16.8. The molecule has 1 unspecified atom stereocenters. The number of aryl methyl sites for hydroxylation is 2. The minimum Gasteiger partial charge on any atom is -0.481 e. The van der Waals surface area contributed by atoms with Crippen molar-refractivity contribution in [2.75, 3.05) is 0 Å². The summed E-state index contributed by atoms with van der Waals surface area (Å²) in [6.07, 6.45) is 1.57. The largest absolute Gasteiger partial charge is 0.481 e. The van der Waals surface area contributed by atoms with Crippen molar-refractivity contribution in [3.05, 3.63) is 51.8 Å². The Kier molecular flexibility index (Phi) is 6.36. The molecule has 0 radical (unpaired) electrons. The number of aromatic nitrogens is 2. The molecule has 2 aromatic rings. The molecule has 0 aliphatic rings. The Morgan fingerprint density at radius 3 is 2.65 bits per heavy atom. The van der Waals surface area contributed by atoms with Crippen LogP contribution in [0.25, 0.3) is 0 Å². The smallest absolute Gasteiger partial charge is 0.303 e. The monoisotopic (exact) mass is 379 g/mol. The van der Waals surface area contributed by atoms with E-state index in [9.17, 15) is 4.79 Å². The van der Waals surface area contributed by atoms with E-state index < -0.39 is 5.97 Å². The highest BCUT2D eigenvalue weighted by molar-refractivity contribution is 9.10. The van der Waals surface area contributed by atoms with E-state index in [0.717, 1.165) is 22.3 Å². The van der Waals surface area contributed by atoms with Crippen molar-refractivity contribution in [1.82, 2.24) is 15.1 Å². The van der Waals surface area contributed by atoms with Gasteiger partial charge in [0.15, 0.2) is 0 Å². The van der Waals surface area contributed by atoms with Gasteiger partial charge in [-0.05, 0) is 41.3 Å². The van der Waals surface area contributed by atoms with Crippen molar-refractivity contribution < 1.29 is 9.90 Å². The number of hydrogen-bond acceptors (Lipinski definition) is 3. The maximum absolute atomic E-state index is 10.9. The highest BCUT2D eigenvalue weighted by Crippen LogP contribution is 2.20. The van der Waals surface area contributed by atoms with Gasteiger partial charge in [0.1, 0.15) is 0 Å². The third-order valence-electron chi connectivity index (χ3n) is 3.85. The van der Waals surface area contributed by atoms with Crippen molar-refractivity contribution >= 4 is 21.9 Å². The Hall–Kier alpha value is -1.66. The summed E-state index contributed by atoms with van der Waals surface area (Å²) in [4.78, 5) is 10.9. The summed E-state index contributed by atoms with van der Waals surface area (Å²) >= 11 is 3.56. The topological polar surface area (TPSA) is 67.2 Å². The number of nitrogens with one attached hydrogen (secondary N) is 1. The minimum atomic E-state index is -0.762. The molecule has 0 bridgehead atoms. The molecule has 0 saturated carbocycles. The molecular formula is C17H22BrN3O2. The second-order valence-electron chi connectivity index (χ2n) is 5.67. The Bertz CT molecular complexity index is 655. The van der Waals surface area contributed by atoms with Gasteiger partial charge in [0.25, 0.3) is 0 Å². The van der Waals surface area contributed by atoms with Gasteiger partial charge < -0.3 is 10.4 Å². The number of carbonyl (C=O) groups is 1. The summed E-state index contributed by atoms with van der Waals surface area (Å²) < 4.78 is 2.85. The van der Waals surface area contributed by atoms with Gasteiger partial charge in [0, 0.05) is 26.1 Å². The van der Waals surface area contributed by atoms with Crippen molar-refractivity contribution in [2.24, 2.45) is 7.05 Å². The fourth-order valence-corrected chi connectivity index (χ4v) is 3.06. The lowest BCUT2D eigenvalue weighted by molar-refractivity contribution is -0.137. The van der Waals surface area contributed by atoms with E-state index in [-0.39, 0.29) is 12.5 Å². The van der Waals surface area contributed by atoms with E-state index in [2.05, 4.69) is 38.5 Å². The lowest BCUT2D eigenvalue weighted by Gasteiger charge is -2.18. The van der Waals surface area contributed by atoms with E-state index >= 15 is 0 Å². The molecule has 23 heavy (non-hydrogen) atoms. The minimum absolute atomic E-state index is 0.107. The zero-order valence-electron chi connectivity index (χ0n) is 13.4. The van der Waals surface area contributed by atoms with Crippen LogP contribution in [-0.4, -0.2) is 26.9 Å². The number of aliphatic carboxylic acids is 1. The molecular weight excluding hydrogens is 358 g/mol.